The van der Waals surface area contributed by atoms with E-state index in [1.165, 1.54) is 3.58 Å². The standard InChI is InChI=1S/C15H9O2.3CH3.Sn/c16-13-10-15(11-6-2-1-3-7-11)17-14-9-5-4-8-12(13)14;;;;/h2-10H;3*1H3;. The zero-order chi connectivity index (χ0) is 15.0. The molecule has 1 aromatic heterocycles. The summed E-state index contributed by atoms with van der Waals surface area (Å²) in [5, 5.41) is 0.628. The van der Waals surface area contributed by atoms with Crippen molar-refractivity contribution in [2.45, 2.75) is 14.8 Å². The van der Waals surface area contributed by atoms with Gasteiger partial charge in [0.05, 0.1) is 0 Å². The van der Waals surface area contributed by atoms with Gasteiger partial charge in [-0.3, -0.25) is 0 Å². The molecule has 2 nitrogen and oxygen atoms in total. The Balaban J connectivity index is 2.10. The topological polar surface area (TPSA) is 30.2 Å². The maximum absolute atomic E-state index is 12.1. The minimum absolute atomic E-state index is 0.00548. The van der Waals surface area contributed by atoms with Crippen LogP contribution < -0.4 is 9.01 Å². The molecule has 106 valence electrons. The fourth-order valence-corrected chi connectivity index (χ4v) is 5.71. The average Bonchev–Trinajstić information content (AvgIpc) is 2.46. The molecule has 3 rings (SSSR count). The van der Waals surface area contributed by atoms with Crippen LogP contribution in [0.15, 0.2) is 63.8 Å². The van der Waals surface area contributed by atoms with Gasteiger partial charge < -0.3 is 0 Å². The van der Waals surface area contributed by atoms with Crippen LogP contribution in [0, 0.1) is 0 Å². The molecule has 0 saturated carbocycles. The summed E-state index contributed by atoms with van der Waals surface area (Å²) in [6.07, 6.45) is 0. The van der Waals surface area contributed by atoms with E-state index in [-0.39, 0.29) is 5.43 Å². The Hall–Kier alpha value is -1.55. The summed E-state index contributed by atoms with van der Waals surface area (Å²) in [7, 11) is 0. The van der Waals surface area contributed by atoms with E-state index < -0.39 is 18.4 Å². The van der Waals surface area contributed by atoms with Crippen LogP contribution in [0.25, 0.3) is 22.3 Å². The van der Waals surface area contributed by atoms with Crippen molar-refractivity contribution in [3.8, 4) is 11.3 Å². The molecule has 0 bridgehead atoms. The third-order valence-corrected chi connectivity index (χ3v) is 9.56. The van der Waals surface area contributed by atoms with Crippen molar-refractivity contribution >= 4 is 32.9 Å². The Morgan fingerprint density at radius 2 is 1.57 bits per heavy atom. The van der Waals surface area contributed by atoms with E-state index in [1.54, 1.807) is 12.1 Å². The van der Waals surface area contributed by atoms with E-state index in [9.17, 15) is 4.79 Å². The molecule has 3 heteroatoms. The first-order valence-electron chi connectivity index (χ1n) is 7.09. The summed E-state index contributed by atoms with van der Waals surface area (Å²) >= 11 is -2.03. The van der Waals surface area contributed by atoms with E-state index in [0.29, 0.717) is 16.7 Å². The Morgan fingerprint density at radius 1 is 0.905 bits per heavy atom. The van der Waals surface area contributed by atoms with Gasteiger partial charge in [0.25, 0.3) is 0 Å². The molecule has 0 aliphatic heterocycles. The maximum atomic E-state index is 12.1. The molecule has 0 atom stereocenters. The second kappa shape index (κ2) is 5.33. The monoisotopic (exact) mass is 386 g/mol. The average molecular weight is 385 g/mol. The van der Waals surface area contributed by atoms with Crippen LogP contribution >= 0.6 is 0 Å². The van der Waals surface area contributed by atoms with E-state index in [4.69, 9.17) is 4.42 Å². The molecule has 0 aliphatic rings. The van der Waals surface area contributed by atoms with Crippen molar-refractivity contribution in [1.29, 1.82) is 0 Å². The predicted octanol–water partition coefficient (Wildman–Crippen LogP) is 4.01. The summed E-state index contributed by atoms with van der Waals surface area (Å²) < 4.78 is 7.34. The molecule has 0 N–H and O–H groups in total. The third kappa shape index (κ3) is 2.91. The van der Waals surface area contributed by atoms with Crippen LogP contribution in [0.4, 0.5) is 0 Å². The van der Waals surface area contributed by atoms with Crippen LogP contribution in [-0.2, 0) is 0 Å². The molecule has 0 amide bonds. The fourth-order valence-electron chi connectivity index (χ4n) is 2.38. The normalized spacial score (nSPS) is 11.8. The second-order valence-corrected chi connectivity index (χ2v) is 20.8. The molecule has 1 heterocycles. The molecule has 0 radical (unpaired) electrons. The van der Waals surface area contributed by atoms with Gasteiger partial charge in [-0.15, -0.1) is 0 Å². The molecule has 0 spiro atoms. The van der Waals surface area contributed by atoms with Gasteiger partial charge in [-0.1, -0.05) is 0 Å². The first kappa shape index (κ1) is 14.4. The quantitative estimate of drug-likeness (QED) is 0.625. The summed E-state index contributed by atoms with van der Waals surface area (Å²) in [6.45, 7) is 0. The molecule has 2 aromatic carbocycles. The molecule has 21 heavy (non-hydrogen) atoms. The first-order valence-corrected chi connectivity index (χ1v) is 17.1. The number of rotatable bonds is 2. The van der Waals surface area contributed by atoms with E-state index in [0.717, 1.165) is 5.56 Å². The van der Waals surface area contributed by atoms with Crippen molar-refractivity contribution in [2.24, 2.45) is 0 Å². The van der Waals surface area contributed by atoms with Crippen LogP contribution in [0.1, 0.15) is 0 Å². The number of fused-ring (bicyclic) bond motifs is 1. The number of benzene rings is 2. The van der Waals surface area contributed by atoms with Crippen molar-refractivity contribution in [3.63, 3.8) is 0 Å². The van der Waals surface area contributed by atoms with Crippen LogP contribution in [0.2, 0.25) is 14.8 Å². The Labute approximate surface area is 128 Å². The van der Waals surface area contributed by atoms with Crippen molar-refractivity contribution in [3.05, 3.63) is 64.8 Å². The summed E-state index contributed by atoms with van der Waals surface area (Å²) in [6, 6.07) is 17.4. The summed E-state index contributed by atoms with van der Waals surface area (Å²) in [5.41, 5.74) is 1.60. The van der Waals surface area contributed by atoms with Gasteiger partial charge in [-0.25, -0.2) is 0 Å². The SMILES string of the molecule is [CH3][Sn]([CH3])([CH3])[c]1ccc(-c2cc(=O)c3ccccc3o2)cc1. The number of hydrogen-bond donors (Lipinski definition) is 0. The zero-order valence-electron chi connectivity index (χ0n) is 12.5. The van der Waals surface area contributed by atoms with Crippen molar-refractivity contribution < 1.29 is 4.42 Å². The van der Waals surface area contributed by atoms with Crippen molar-refractivity contribution in [2.75, 3.05) is 0 Å². The van der Waals surface area contributed by atoms with E-state index >= 15 is 0 Å². The summed E-state index contributed by atoms with van der Waals surface area (Å²) in [5.74, 6) is 0.634. The summed E-state index contributed by atoms with van der Waals surface area (Å²) in [4.78, 5) is 19.3. The van der Waals surface area contributed by atoms with Gasteiger partial charge in [-0.2, -0.15) is 0 Å². The molecule has 3 aromatic rings. The van der Waals surface area contributed by atoms with Gasteiger partial charge >= 0.3 is 128 Å². The Bertz CT molecular complexity index is 839. The third-order valence-electron chi connectivity index (χ3n) is 3.67. The molecule has 0 saturated heterocycles. The molecular weight excluding hydrogens is 367 g/mol. The van der Waals surface area contributed by atoms with Gasteiger partial charge in [0.1, 0.15) is 0 Å². The van der Waals surface area contributed by atoms with E-state index in [1.807, 2.05) is 18.2 Å². The van der Waals surface area contributed by atoms with Gasteiger partial charge in [0.2, 0.25) is 0 Å². The predicted molar refractivity (Wildman–Crippen MR) is 90.9 cm³/mol. The fraction of sp³-hybridized carbons (Fsp3) is 0.167. The number of para-hydroxylation sites is 1. The van der Waals surface area contributed by atoms with Gasteiger partial charge in [0, 0.05) is 0 Å². The molecule has 0 aliphatic carbocycles. The Kier molecular flexibility index (Phi) is 3.66. The minimum atomic E-state index is -2.03. The second-order valence-electron chi connectivity index (χ2n) is 6.30. The number of hydrogen-bond acceptors (Lipinski definition) is 2. The molecular formula is C18H18O2Sn. The zero-order valence-corrected chi connectivity index (χ0v) is 15.4. The van der Waals surface area contributed by atoms with Gasteiger partial charge in [0.15, 0.2) is 0 Å². The van der Waals surface area contributed by atoms with Crippen LogP contribution in [-0.4, -0.2) is 18.4 Å². The van der Waals surface area contributed by atoms with Crippen LogP contribution in [0.3, 0.4) is 0 Å². The van der Waals surface area contributed by atoms with Gasteiger partial charge in [-0.05, 0) is 0 Å². The van der Waals surface area contributed by atoms with Crippen molar-refractivity contribution in [1.82, 2.24) is 0 Å². The molecule has 0 fully saturated rings. The van der Waals surface area contributed by atoms with Crippen LogP contribution in [0.5, 0.6) is 0 Å². The molecule has 0 unspecified atom stereocenters. The first-order chi connectivity index (χ1) is 9.95. The van der Waals surface area contributed by atoms with E-state index in [2.05, 4.69) is 39.1 Å². The Morgan fingerprint density at radius 3 is 2.24 bits per heavy atom.